The number of nitrogens with two attached hydrogens (primary N) is 1. The Bertz CT molecular complexity index is 439. The van der Waals surface area contributed by atoms with Gasteiger partial charge in [-0.2, -0.15) is 0 Å². The topological polar surface area (TPSA) is 69.2 Å². The highest BCUT2D eigenvalue weighted by atomic mass is 15.2. The van der Waals surface area contributed by atoms with E-state index < -0.39 is 0 Å². The van der Waals surface area contributed by atoms with Crippen LogP contribution in [-0.2, 0) is 0 Å². The van der Waals surface area contributed by atoms with Gasteiger partial charge in [0.1, 0.15) is 11.7 Å². The van der Waals surface area contributed by atoms with Gasteiger partial charge in [-0.05, 0) is 39.6 Å². The van der Waals surface area contributed by atoms with Crippen molar-refractivity contribution in [2.24, 2.45) is 5.73 Å². The summed E-state index contributed by atoms with van der Waals surface area (Å²) in [7, 11) is 6.06. The number of aryl methyl sites for hydroxylation is 2. The number of rotatable bonds is 5. The van der Waals surface area contributed by atoms with Crippen LogP contribution in [0.4, 0.5) is 5.82 Å². The molecule has 0 amide bonds. The third kappa shape index (κ3) is 3.43. The quantitative estimate of drug-likeness (QED) is 0.603. The molecule has 0 aliphatic carbocycles. The van der Waals surface area contributed by atoms with Gasteiger partial charge in [0.15, 0.2) is 0 Å². The molecule has 0 spiro atoms. The molecule has 0 saturated heterocycles. The van der Waals surface area contributed by atoms with E-state index in [0.29, 0.717) is 0 Å². The first-order valence-electron chi connectivity index (χ1n) is 6.01. The van der Waals surface area contributed by atoms with Gasteiger partial charge in [-0.25, -0.2) is 4.98 Å². The van der Waals surface area contributed by atoms with Gasteiger partial charge in [0.05, 0.1) is 5.56 Å². The number of aromatic nitrogens is 1. The van der Waals surface area contributed by atoms with Crippen molar-refractivity contribution < 1.29 is 0 Å². The van der Waals surface area contributed by atoms with Crippen LogP contribution in [0.15, 0.2) is 6.07 Å². The number of nitrogens with one attached hydrogen (secondary N) is 1. The van der Waals surface area contributed by atoms with Gasteiger partial charge in [0.2, 0.25) is 0 Å². The molecular weight excluding hydrogens is 226 g/mol. The predicted octanol–water partition coefficient (Wildman–Crippen LogP) is 0.980. The summed E-state index contributed by atoms with van der Waals surface area (Å²) >= 11 is 0. The Morgan fingerprint density at radius 2 is 1.89 bits per heavy atom. The maximum atomic E-state index is 7.70. The molecule has 1 heterocycles. The van der Waals surface area contributed by atoms with E-state index in [2.05, 4.69) is 14.8 Å². The van der Waals surface area contributed by atoms with Crippen molar-refractivity contribution in [3.05, 3.63) is 22.9 Å². The van der Waals surface area contributed by atoms with Crippen LogP contribution in [0.2, 0.25) is 0 Å². The molecule has 5 nitrogen and oxygen atoms in total. The van der Waals surface area contributed by atoms with E-state index in [0.717, 1.165) is 35.7 Å². The molecular formula is C13H23N5. The van der Waals surface area contributed by atoms with Gasteiger partial charge in [-0.1, -0.05) is 0 Å². The fourth-order valence-electron chi connectivity index (χ4n) is 1.88. The second-order valence-electron chi connectivity index (χ2n) is 4.92. The van der Waals surface area contributed by atoms with E-state index in [1.54, 1.807) is 0 Å². The molecule has 0 bridgehead atoms. The van der Waals surface area contributed by atoms with Crippen LogP contribution in [0.1, 0.15) is 16.8 Å². The molecule has 0 aliphatic heterocycles. The van der Waals surface area contributed by atoms with Gasteiger partial charge in [-0.3, -0.25) is 5.41 Å². The largest absolute Gasteiger partial charge is 0.384 e. The van der Waals surface area contributed by atoms with Gasteiger partial charge in [-0.15, -0.1) is 0 Å². The number of pyridine rings is 1. The standard InChI is InChI=1S/C13H23N5/c1-9-8-10(2)16-13(11(9)12(14)15)18(5)7-6-17(3)4/h8H,6-7H2,1-5H3,(H3,14,15). The number of hydrogen-bond acceptors (Lipinski definition) is 4. The molecule has 0 unspecified atom stereocenters. The molecule has 0 saturated carbocycles. The highest BCUT2D eigenvalue weighted by molar-refractivity contribution is 6.01. The van der Waals surface area contributed by atoms with Crippen molar-refractivity contribution in [3.8, 4) is 0 Å². The lowest BCUT2D eigenvalue weighted by atomic mass is 10.1. The molecule has 1 aromatic rings. The number of anilines is 1. The third-order valence-electron chi connectivity index (χ3n) is 2.84. The van der Waals surface area contributed by atoms with E-state index >= 15 is 0 Å². The molecule has 5 heteroatoms. The molecule has 0 aromatic carbocycles. The van der Waals surface area contributed by atoms with Crippen molar-refractivity contribution >= 4 is 11.7 Å². The van der Waals surface area contributed by atoms with E-state index in [-0.39, 0.29) is 5.84 Å². The summed E-state index contributed by atoms with van der Waals surface area (Å²) in [5.41, 5.74) is 8.35. The minimum absolute atomic E-state index is 0.0757. The van der Waals surface area contributed by atoms with E-state index in [4.69, 9.17) is 11.1 Å². The monoisotopic (exact) mass is 249 g/mol. The van der Waals surface area contributed by atoms with Crippen LogP contribution in [0.3, 0.4) is 0 Å². The van der Waals surface area contributed by atoms with Crippen LogP contribution in [-0.4, -0.2) is 50.0 Å². The first-order chi connectivity index (χ1) is 8.32. The molecule has 3 N–H and O–H groups in total. The molecule has 18 heavy (non-hydrogen) atoms. The van der Waals surface area contributed by atoms with E-state index in [1.807, 2.05) is 41.1 Å². The number of nitrogen functional groups attached to an aromatic ring is 1. The summed E-state index contributed by atoms with van der Waals surface area (Å²) < 4.78 is 0. The zero-order chi connectivity index (χ0) is 13.9. The number of hydrogen-bond donors (Lipinski definition) is 2. The summed E-state index contributed by atoms with van der Waals surface area (Å²) in [4.78, 5) is 8.69. The third-order valence-corrected chi connectivity index (χ3v) is 2.84. The highest BCUT2D eigenvalue weighted by Crippen LogP contribution is 2.21. The predicted molar refractivity (Wildman–Crippen MR) is 76.6 cm³/mol. The number of nitrogens with zero attached hydrogens (tertiary/aromatic N) is 3. The highest BCUT2D eigenvalue weighted by Gasteiger charge is 2.15. The average molecular weight is 249 g/mol. The molecule has 0 radical (unpaired) electrons. The van der Waals surface area contributed by atoms with Crippen molar-refractivity contribution in [1.82, 2.24) is 9.88 Å². The maximum Gasteiger partial charge on any atom is 0.139 e. The SMILES string of the molecule is Cc1cc(C)c(C(=N)N)c(N(C)CCN(C)C)n1. The zero-order valence-electron chi connectivity index (χ0n) is 11.9. The number of likely N-dealkylation sites (N-methyl/N-ethyl adjacent to an activating group) is 2. The van der Waals surface area contributed by atoms with Gasteiger partial charge >= 0.3 is 0 Å². The summed E-state index contributed by atoms with van der Waals surface area (Å²) in [6.45, 7) is 5.71. The van der Waals surface area contributed by atoms with Crippen LogP contribution < -0.4 is 10.6 Å². The lowest BCUT2D eigenvalue weighted by Crippen LogP contribution is -2.31. The second kappa shape index (κ2) is 5.82. The smallest absolute Gasteiger partial charge is 0.139 e. The fourth-order valence-corrected chi connectivity index (χ4v) is 1.88. The fraction of sp³-hybridized carbons (Fsp3) is 0.538. The van der Waals surface area contributed by atoms with Crippen LogP contribution in [0.25, 0.3) is 0 Å². The van der Waals surface area contributed by atoms with Crippen LogP contribution in [0, 0.1) is 19.3 Å². The van der Waals surface area contributed by atoms with Crippen molar-refractivity contribution in [2.75, 3.05) is 39.1 Å². The van der Waals surface area contributed by atoms with Crippen molar-refractivity contribution in [1.29, 1.82) is 5.41 Å². The van der Waals surface area contributed by atoms with Crippen molar-refractivity contribution in [3.63, 3.8) is 0 Å². The van der Waals surface area contributed by atoms with Crippen molar-refractivity contribution in [2.45, 2.75) is 13.8 Å². The molecule has 0 fully saturated rings. The van der Waals surface area contributed by atoms with Crippen LogP contribution in [0.5, 0.6) is 0 Å². The minimum atomic E-state index is 0.0757. The van der Waals surface area contributed by atoms with Crippen LogP contribution >= 0.6 is 0 Å². The normalized spacial score (nSPS) is 10.8. The Balaban J connectivity index is 3.09. The Kier molecular flexibility index (Phi) is 4.67. The molecule has 0 aliphatic rings. The Morgan fingerprint density at radius 3 is 2.39 bits per heavy atom. The first-order valence-corrected chi connectivity index (χ1v) is 6.01. The van der Waals surface area contributed by atoms with Gasteiger partial charge in [0.25, 0.3) is 0 Å². The number of amidine groups is 1. The Morgan fingerprint density at radius 1 is 1.28 bits per heavy atom. The summed E-state index contributed by atoms with van der Waals surface area (Å²) in [5.74, 6) is 0.869. The van der Waals surface area contributed by atoms with E-state index in [1.165, 1.54) is 0 Å². The molecule has 100 valence electrons. The molecule has 0 atom stereocenters. The Labute approximate surface area is 109 Å². The van der Waals surface area contributed by atoms with Gasteiger partial charge < -0.3 is 15.5 Å². The molecule has 1 aromatic heterocycles. The second-order valence-corrected chi connectivity index (χ2v) is 4.92. The molecule has 1 rings (SSSR count). The van der Waals surface area contributed by atoms with Gasteiger partial charge in [0, 0.05) is 25.8 Å². The first kappa shape index (κ1) is 14.4. The summed E-state index contributed by atoms with van der Waals surface area (Å²) in [6.07, 6.45) is 0. The summed E-state index contributed by atoms with van der Waals surface area (Å²) in [5, 5.41) is 7.70. The van der Waals surface area contributed by atoms with E-state index in [9.17, 15) is 0 Å². The lowest BCUT2D eigenvalue weighted by molar-refractivity contribution is 0.416. The zero-order valence-corrected chi connectivity index (χ0v) is 11.9. The maximum absolute atomic E-state index is 7.70. The Hall–Kier alpha value is -1.62. The summed E-state index contributed by atoms with van der Waals surface area (Å²) in [6, 6.07) is 1.96. The average Bonchev–Trinajstić information content (AvgIpc) is 2.23. The minimum Gasteiger partial charge on any atom is -0.384 e. The lowest BCUT2D eigenvalue weighted by Gasteiger charge is -2.24.